The summed E-state index contributed by atoms with van der Waals surface area (Å²) < 4.78 is 5.02. The van der Waals surface area contributed by atoms with E-state index in [1.54, 1.807) is 0 Å². The second kappa shape index (κ2) is 7.04. The van der Waals surface area contributed by atoms with Gasteiger partial charge in [0.15, 0.2) is 0 Å². The molecule has 0 spiro atoms. The molecule has 0 saturated carbocycles. The van der Waals surface area contributed by atoms with E-state index in [2.05, 4.69) is 25.8 Å². The third-order valence-electron chi connectivity index (χ3n) is 2.60. The lowest BCUT2D eigenvalue weighted by Crippen LogP contribution is -2.42. The summed E-state index contributed by atoms with van der Waals surface area (Å²) in [6.45, 7) is 1.68. The van der Waals surface area contributed by atoms with Crippen LogP contribution in [0.25, 0.3) is 0 Å². The third kappa shape index (κ3) is 4.60. The summed E-state index contributed by atoms with van der Waals surface area (Å²) in [6, 6.07) is 8.49. The fraction of sp³-hybridized carbons (Fsp3) is 0.231. The van der Waals surface area contributed by atoms with E-state index in [-0.39, 0.29) is 12.6 Å². The fourth-order valence-corrected chi connectivity index (χ4v) is 1.50. The van der Waals surface area contributed by atoms with E-state index in [1.807, 2.05) is 30.3 Å². The fourth-order valence-electron chi connectivity index (χ4n) is 1.50. The number of nitrogens with one attached hydrogen (secondary N) is 3. The molecule has 0 radical (unpaired) electrons. The summed E-state index contributed by atoms with van der Waals surface area (Å²) in [4.78, 5) is 27.1. The molecule has 21 heavy (non-hydrogen) atoms. The van der Waals surface area contributed by atoms with Crippen molar-refractivity contribution in [3.63, 3.8) is 0 Å². The van der Waals surface area contributed by atoms with Crippen molar-refractivity contribution in [1.29, 1.82) is 0 Å². The van der Waals surface area contributed by atoms with Gasteiger partial charge >= 0.3 is 6.09 Å². The third-order valence-corrected chi connectivity index (χ3v) is 2.60. The van der Waals surface area contributed by atoms with Crippen LogP contribution >= 0.6 is 0 Å². The molecule has 0 unspecified atom stereocenters. The van der Waals surface area contributed by atoms with Crippen molar-refractivity contribution in [2.45, 2.75) is 19.6 Å². The molecule has 0 fully saturated rings. The predicted molar refractivity (Wildman–Crippen MR) is 74.2 cm³/mol. The number of aromatic amines is 1. The smallest absolute Gasteiger partial charge is 0.408 e. The van der Waals surface area contributed by atoms with Gasteiger partial charge in [0.1, 0.15) is 19.0 Å². The van der Waals surface area contributed by atoms with Gasteiger partial charge in [-0.2, -0.15) is 10.1 Å². The molecular weight excluding hydrogens is 274 g/mol. The van der Waals surface area contributed by atoms with Gasteiger partial charge in [0, 0.05) is 0 Å². The highest BCUT2D eigenvalue weighted by Gasteiger charge is 2.17. The van der Waals surface area contributed by atoms with Gasteiger partial charge in [-0.05, 0) is 12.5 Å². The number of aromatic nitrogens is 3. The Kier molecular flexibility index (Phi) is 4.86. The molecule has 2 aromatic rings. The normalized spacial score (nSPS) is 11.5. The van der Waals surface area contributed by atoms with Crippen molar-refractivity contribution in [1.82, 2.24) is 20.5 Å². The summed E-state index contributed by atoms with van der Waals surface area (Å²) in [6.07, 6.45) is 0.598. The van der Waals surface area contributed by atoms with Crippen LogP contribution in [0.3, 0.4) is 0 Å². The Hall–Kier alpha value is -2.90. The lowest BCUT2D eigenvalue weighted by Gasteiger charge is -2.13. The highest BCUT2D eigenvalue weighted by Crippen LogP contribution is 2.01. The number of hydrogen-bond donors (Lipinski definition) is 3. The Morgan fingerprint density at radius 1 is 1.33 bits per heavy atom. The van der Waals surface area contributed by atoms with E-state index in [4.69, 9.17) is 4.74 Å². The van der Waals surface area contributed by atoms with Crippen molar-refractivity contribution >= 4 is 17.9 Å². The summed E-state index contributed by atoms with van der Waals surface area (Å²) >= 11 is 0. The quantitative estimate of drug-likeness (QED) is 0.762. The second-order valence-corrected chi connectivity index (χ2v) is 4.25. The monoisotopic (exact) mass is 289 g/mol. The van der Waals surface area contributed by atoms with E-state index >= 15 is 0 Å². The SMILES string of the molecule is C[C@@H](NC(=O)OCc1ccccc1)C(=O)Nc1ncn[nH]1. The lowest BCUT2D eigenvalue weighted by molar-refractivity contribution is -0.117. The highest BCUT2D eigenvalue weighted by atomic mass is 16.5. The molecule has 8 nitrogen and oxygen atoms in total. The summed E-state index contributed by atoms with van der Waals surface area (Å²) in [7, 11) is 0. The minimum Gasteiger partial charge on any atom is -0.445 e. The number of amides is 2. The van der Waals surface area contributed by atoms with Crippen LogP contribution in [0.2, 0.25) is 0 Å². The molecule has 0 bridgehead atoms. The van der Waals surface area contributed by atoms with Crippen molar-refractivity contribution in [3.8, 4) is 0 Å². The first kappa shape index (κ1) is 14.5. The summed E-state index contributed by atoms with van der Waals surface area (Å²) in [5, 5.41) is 11.0. The highest BCUT2D eigenvalue weighted by molar-refractivity contribution is 5.94. The lowest BCUT2D eigenvalue weighted by atomic mass is 10.2. The number of anilines is 1. The van der Waals surface area contributed by atoms with Gasteiger partial charge in [-0.15, -0.1) is 0 Å². The van der Waals surface area contributed by atoms with Gasteiger partial charge < -0.3 is 10.1 Å². The Morgan fingerprint density at radius 2 is 2.10 bits per heavy atom. The number of carbonyl (C=O) groups excluding carboxylic acids is 2. The number of ether oxygens (including phenoxy) is 1. The molecule has 0 saturated heterocycles. The van der Waals surface area contributed by atoms with Crippen LogP contribution in [0.15, 0.2) is 36.7 Å². The number of rotatable bonds is 5. The predicted octanol–water partition coefficient (Wildman–Crippen LogP) is 1.06. The Morgan fingerprint density at radius 3 is 2.76 bits per heavy atom. The van der Waals surface area contributed by atoms with Gasteiger partial charge in [-0.1, -0.05) is 30.3 Å². The maximum Gasteiger partial charge on any atom is 0.408 e. The molecule has 110 valence electrons. The second-order valence-electron chi connectivity index (χ2n) is 4.25. The van der Waals surface area contributed by atoms with Crippen molar-refractivity contribution in [2.24, 2.45) is 0 Å². The average molecular weight is 289 g/mol. The first-order valence-electron chi connectivity index (χ1n) is 6.28. The molecule has 1 atom stereocenters. The van der Waals surface area contributed by atoms with E-state index in [1.165, 1.54) is 13.3 Å². The number of carbonyl (C=O) groups is 2. The number of benzene rings is 1. The molecule has 0 aliphatic carbocycles. The van der Waals surface area contributed by atoms with E-state index in [9.17, 15) is 9.59 Å². The number of hydrogen-bond acceptors (Lipinski definition) is 5. The molecule has 1 heterocycles. The van der Waals surface area contributed by atoms with Crippen LogP contribution in [0.5, 0.6) is 0 Å². The molecule has 8 heteroatoms. The van der Waals surface area contributed by atoms with Crippen LogP contribution in [-0.4, -0.2) is 33.2 Å². The van der Waals surface area contributed by atoms with E-state index < -0.39 is 18.0 Å². The van der Waals surface area contributed by atoms with Crippen molar-refractivity contribution in [3.05, 3.63) is 42.2 Å². The maximum atomic E-state index is 11.8. The zero-order valence-corrected chi connectivity index (χ0v) is 11.4. The first-order chi connectivity index (χ1) is 10.1. The molecule has 1 aromatic carbocycles. The van der Waals surface area contributed by atoms with E-state index in [0.717, 1.165) is 5.56 Å². The van der Waals surface area contributed by atoms with Crippen LogP contribution in [0.1, 0.15) is 12.5 Å². The Bertz CT molecular complexity index is 585. The number of nitrogens with zero attached hydrogens (tertiary/aromatic N) is 2. The molecule has 0 aliphatic heterocycles. The Balaban J connectivity index is 1.75. The molecule has 3 N–H and O–H groups in total. The maximum absolute atomic E-state index is 11.8. The van der Waals surface area contributed by atoms with Crippen molar-refractivity contribution < 1.29 is 14.3 Å². The molecule has 2 amide bonds. The van der Waals surface area contributed by atoms with Crippen molar-refractivity contribution in [2.75, 3.05) is 5.32 Å². The minimum atomic E-state index is -0.765. The summed E-state index contributed by atoms with van der Waals surface area (Å²) in [5.41, 5.74) is 0.867. The number of H-pyrrole nitrogens is 1. The molecule has 0 aliphatic rings. The van der Waals surface area contributed by atoms with Gasteiger partial charge in [0.25, 0.3) is 0 Å². The minimum absolute atomic E-state index is 0.142. The largest absolute Gasteiger partial charge is 0.445 e. The van der Waals surface area contributed by atoms with Gasteiger partial charge in [-0.3, -0.25) is 10.1 Å². The standard InChI is InChI=1S/C13H15N5O3/c1-9(11(19)17-12-14-8-15-18-12)16-13(20)21-7-10-5-3-2-4-6-10/h2-6,8-9H,7H2,1H3,(H,16,20)(H2,14,15,17,18,19)/t9-/m1/s1. The van der Waals surface area contributed by atoms with Gasteiger partial charge in [0.05, 0.1) is 0 Å². The zero-order valence-electron chi connectivity index (χ0n) is 11.4. The van der Waals surface area contributed by atoms with Gasteiger partial charge in [-0.25, -0.2) is 9.89 Å². The topological polar surface area (TPSA) is 109 Å². The molecular formula is C13H15N5O3. The van der Waals surface area contributed by atoms with Crippen LogP contribution in [-0.2, 0) is 16.1 Å². The summed E-state index contributed by atoms with van der Waals surface area (Å²) in [5.74, 6) is -0.213. The molecule has 1 aromatic heterocycles. The first-order valence-corrected chi connectivity index (χ1v) is 6.28. The number of alkyl carbamates (subject to hydrolysis) is 1. The van der Waals surface area contributed by atoms with Crippen LogP contribution in [0, 0.1) is 0 Å². The van der Waals surface area contributed by atoms with E-state index in [0.29, 0.717) is 0 Å². The van der Waals surface area contributed by atoms with Crippen LogP contribution in [0.4, 0.5) is 10.7 Å². The average Bonchev–Trinajstić information content (AvgIpc) is 2.99. The van der Waals surface area contributed by atoms with Gasteiger partial charge in [0.2, 0.25) is 11.9 Å². The molecule has 2 rings (SSSR count). The zero-order chi connectivity index (χ0) is 15.1. The van der Waals surface area contributed by atoms with Crippen LogP contribution < -0.4 is 10.6 Å². The Labute approximate surface area is 120 Å².